The summed E-state index contributed by atoms with van der Waals surface area (Å²) < 4.78 is 11.4. The van der Waals surface area contributed by atoms with E-state index in [2.05, 4.69) is 9.97 Å². The van der Waals surface area contributed by atoms with Crippen molar-refractivity contribution in [3.8, 4) is 11.5 Å². The van der Waals surface area contributed by atoms with Crippen molar-refractivity contribution in [2.45, 2.75) is 33.7 Å². The van der Waals surface area contributed by atoms with Gasteiger partial charge in [0.1, 0.15) is 5.82 Å². The quantitative estimate of drug-likeness (QED) is 0.483. The van der Waals surface area contributed by atoms with Crippen LogP contribution in [0, 0.1) is 0 Å². The number of rotatable bonds is 10. The Morgan fingerprint density at radius 3 is 2.66 bits per heavy atom. The molecule has 1 N–H and O–H groups in total. The number of nitrogens with one attached hydrogen (secondary N) is 1. The predicted molar refractivity (Wildman–Crippen MR) is 126 cm³/mol. The van der Waals surface area contributed by atoms with Gasteiger partial charge < -0.3 is 19.4 Å². The van der Waals surface area contributed by atoms with E-state index in [9.17, 15) is 9.59 Å². The molecule has 0 bridgehead atoms. The van der Waals surface area contributed by atoms with Crippen molar-refractivity contribution in [2.75, 3.05) is 19.8 Å². The number of para-hydroxylation sites is 1. The summed E-state index contributed by atoms with van der Waals surface area (Å²) in [5, 5.41) is 0.530. The number of fused-ring (bicyclic) bond motifs is 1. The lowest BCUT2D eigenvalue weighted by atomic mass is 10.2. The molecule has 7 heteroatoms. The maximum Gasteiger partial charge on any atom is 0.258 e. The molecule has 1 aromatic heterocycles. The zero-order valence-electron chi connectivity index (χ0n) is 18.8. The normalized spacial score (nSPS) is 11.1. The molecular weight excluding hydrogens is 406 g/mol. The molecule has 1 amide bonds. The molecule has 0 aliphatic rings. The van der Waals surface area contributed by atoms with E-state index in [0.29, 0.717) is 48.0 Å². The Labute approximate surface area is 187 Å². The highest BCUT2D eigenvalue weighted by atomic mass is 16.5. The minimum atomic E-state index is -0.210. The third-order valence-electron chi connectivity index (χ3n) is 4.84. The lowest BCUT2D eigenvalue weighted by molar-refractivity contribution is -0.126. The summed E-state index contributed by atoms with van der Waals surface area (Å²) in [7, 11) is 0. The van der Waals surface area contributed by atoms with Gasteiger partial charge in [0.25, 0.3) is 5.56 Å². The monoisotopic (exact) mass is 435 g/mol. The lowest BCUT2D eigenvalue weighted by Crippen LogP contribution is -2.30. The van der Waals surface area contributed by atoms with Crippen LogP contribution in [-0.4, -0.2) is 40.5 Å². The Hall–Kier alpha value is -3.61. The maximum absolute atomic E-state index is 12.8. The summed E-state index contributed by atoms with van der Waals surface area (Å²) >= 11 is 0. The highest BCUT2D eigenvalue weighted by Gasteiger charge is 2.12. The number of carbonyl (C=O) groups excluding carboxylic acids is 1. The molecular formula is C25H29N3O4. The fourth-order valence-corrected chi connectivity index (χ4v) is 3.24. The van der Waals surface area contributed by atoms with Crippen molar-refractivity contribution in [2.24, 2.45) is 0 Å². The van der Waals surface area contributed by atoms with Crippen LogP contribution < -0.4 is 15.0 Å². The number of carbonyl (C=O) groups is 1. The van der Waals surface area contributed by atoms with Crippen LogP contribution in [0.25, 0.3) is 17.0 Å². The fraction of sp³-hybridized carbons (Fsp3) is 0.320. The van der Waals surface area contributed by atoms with Crippen molar-refractivity contribution in [3.05, 3.63) is 70.3 Å². The molecule has 0 fully saturated rings. The zero-order chi connectivity index (χ0) is 22.9. The van der Waals surface area contributed by atoms with E-state index in [-0.39, 0.29) is 18.0 Å². The molecule has 3 rings (SSSR count). The van der Waals surface area contributed by atoms with E-state index in [1.165, 1.54) is 6.08 Å². The van der Waals surface area contributed by atoms with Gasteiger partial charge in [0.05, 0.1) is 30.7 Å². The Bertz CT molecular complexity index is 1150. The molecule has 2 aromatic carbocycles. The van der Waals surface area contributed by atoms with Gasteiger partial charge in [0, 0.05) is 12.6 Å². The third-order valence-corrected chi connectivity index (χ3v) is 4.84. The van der Waals surface area contributed by atoms with Crippen LogP contribution >= 0.6 is 0 Å². The smallest absolute Gasteiger partial charge is 0.258 e. The molecule has 32 heavy (non-hydrogen) atoms. The zero-order valence-corrected chi connectivity index (χ0v) is 18.8. The predicted octanol–water partition coefficient (Wildman–Crippen LogP) is 4.17. The molecule has 0 radical (unpaired) electrons. The number of aromatic nitrogens is 2. The number of benzene rings is 2. The van der Waals surface area contributed by atoms with Crippen molar-refractivity contribution >= 4 is 22.9 Å². The van der Waals surface area contributed by atoms with Crippen molar-refractivity contribution in [1.29, 1.82) is 0 Å². The molecule has 0 aliphatic carbocycles. The van der Waals surface area contributed by atoms with E-state index in [1.54, 1.807) is 29.2 Å². The van der Waals surface area contributed by atoms with Crippen molar-refractivity contribution in [3.63, 3.8) is 0 Å². The van der Waals surface area contributed by atoms with Gasteiger partial charge in [-0.25, -0.2) is 4.98 Å². The number of likely N-dealkylation sites (N-methyl/N-ethyl adjacent to an activating group) is 1. The maximum atomic E-state index is 12.8. The van der Waals surface area contributed by atoms with Crippen LogP contribution in [-0.2, 0) is 11.3 Å². The van der Waals surface area contributed by atoms with Crippen LogP contribution in [0.2, 0.25) is 0 Å². The van der Waals surface area contributed by atoms with E-state index in [1.807, 2.05) is 45.0 Å². The Morgan fingerprint density at radius 1 is 1.09 bits per heavy atom. The number of ether oxygens (including phenoxy) is 2. The molecule has 168 valence electrons. The Morgan fingerprint density at radius 2 is 1.91 bits per heavy atom. The molecule has 0 aliphatic heterocycles. The largest absolute Gasteiger partial charge is 0.490 e. The molecule has 7 nitrogen and oxygen atoms in total. The molecule has 1 heterocycles. The summed E-state index contributed by atoms with van der Waals surface area (Å²) in [6, 6.07) is 12.7. The minimum absolute atomic E-state index is 0.174. The SMILES string of the molecule is CCCOc1ccc(/C=C/C(=O)N(CC)Cc2nc3ccccc3c(=O)[nH]2)cc1OCC. The van der Waals surface area contributed by atoms with Crippen molar-refractivity contribution < 1.29 is 14.3 Å². The average Bonchev–Trinajstić information content (AvgIpc) is 2.80. The second-order valence-corrected chi connectivity index (χ2v) is 7.20. The first kappa shape index (κ1) is 23.1. The van der Waals surface area contributed by atoms with Gasteiger partial charge >= 0.3 is 0 Å². The topological polar surface area (TPSA) is 84.5 Å². The van der Waals surface area contributed by atoms with Gasteiger partial charge in [-0.3, -0.25) is 9.59 Å². The van der Waals surface area contributed by atoms with Crippen LogP contribution in [0.15, 0.2) is 53.3 Å². The Kier molecular flexibility index (Phi) is 8.02. The number of hydrogen-bond donors (Lipinski definition) is 1. The summed E-state index contributed by atoms with van der Waals surface area (Å²) in [5.74, 6) is 1.63. The molecule has 0 atom stereocenters. The first-order chi connectivity index (χ1) is 15.5. The van der Waals surface area contributed by atoms with Crippen LogP contribution in [0.1, 0.15) is 38.6 Å². The number of hydrogen-bond acceptors (Lipinski definition) is 5. The first-order valence-corrected chi connectivity index (χ1v) is 10.9. The second-order valence-electron chi connectivity index (χ2n) is 7.20. The summed E-state index contributed by atoms with van der Waals surface area (Å²) in [4.78, 5) is 34.0. The van der Waals surface area contributed by atoms with Gasteiger partial charge in [-0.2, -0.15) is 0 Å². The van der Waals surface area contributed by atoms with Gasteiger partial charge in [-0.15, -0.1) is 0 Å². The Balaban J connectivity index is 1.74. The summed E-state index contributed by atoms with van der Waals surface area (Å²) in [5.41, 5.74) is 1.23. The molecule has 3 aromatic rings. The van der Waals surface area contributed by atoms with Gasteiger partial charge in [0.2, 0.25) is 5.91 Å². The molecule has 0 unspecified atom stereocenters. The number of amides is 1. The molecule has 0 saturated heterocycles. The van der Waals surface area contributed by atoms with E-state index < -0.39 is 0 Å². The van der Waals surface area contributed by atoms with Crippen molar-refractivity contribution in [1.82, 2.24) is 14.9 Å². The average molecular weight is 436 g/mol. The third kappa shape index (κ3) is 5.75. The summed E-state index contributed by atoms with van der Waals surface area (Å²) in [6.45, 7) is 7.68. The molecule has 0 spiro atoms. The van der Waals surface area contributed by atoms with Gasteiger partial charge in [-0.05, 0) is 56.2 Å². The van der Waals surface area contributed by atoms with E-state index in [0.717, 1.165) is 12.0 Å². The second kappa shape index (κ2) is 11.1. The highest BCUT2D eigenvalue weighted by Crippen LogP contribution is 2.29. The standard InChI is InChI=1S/C25H29N3O4/c1-4-15-32-21-13-11-18(16-22(21)31-6-3)12-14-24(29)28(5-2)17-23-26-20-10-8-7-9-19(20)25(30)27-23/h7-14,16H,4-6,15,17H2,1-3H3,(H,26,27,30)/b14-12+. The van der Waals surface area contributed by atoms with Crippen LogP contribution in [0.4, 0.5) is 0 Å². The number of nitrogens with zero attached hydrogens (tertiary/aromatic N) is 2. The number of H-pyrrole nitrogens is 1. The van der Waals surface area contributed by atoms with Crippen LogP contribution in [0.3, 0.4) is 0 Å². The van der Waals surface area contributed by atoms with Gasteiger partial charge in [-0.1, -0.05) is 25.1 Å². The summed E-state index contributed by atoms with van der Waals surface area (Å²) in [6.07, 6.45) is 4.17. The number of aromatic amines is 1. The molecule has 0 saturated carbocycles. The van der Waals surface area contributed by atoms with E-state index in [4.69, 9.17) is 9.47 Å². The van der Waals surface area contributed by atoms with Crippen LogP contribution in [0.5, 0.6) is 11.5 Å². The first-order valence-electron chi connectivity index (χ1n) is 10.9. The van der Waals surface area contributed by atoms with Gasteiger partial charge in [0.15, 0.2) is 11.5 Å². The fourth-order valence-electron chi connectivity index (χ4n) is 3.24. The minimum Gasteiger partial charge on any atom is -0.490 e. The van der Waals surface area contributed by atoms with E-state index >= 15 is 0 Å². The lowest BCUT2D eigenvalue weighted by Gasteiger charge is -2.18. The highest BCUT2D eigenvalue weighted by molar-refractivity contribution is 5.91.